The van der Waals surface area contributed by atoms with Gasteiger partial charge < -0.3 is 5.11 Å². The smallest absolute Gasteiger partial charge is 0.159 e. The summed E-state index contributed by atoms with van der Waals surface area (Å²) in [5.74, 6) is 0.683. The Labute approximate surface area is 82.1 Å². The first-order valence-electron chi connectivity index (χ1n) is 4.37. The minimum atomic E-state index is 0.0423. The molecule has 0 saturated heterocycles. The summed E-state index contributed by atoms with van der Waals surface area (Å²) in [6, 6.07) is 9.34. The zero-order valence-electron chi connectivity index (χ0n) is 7.59. The minimum Gasteiger partial charge on any atom is -0.392 e. The Bertz CT molecular complexity index is 415. The molecule has 0 spiro atoms. The van der Waals surface area contributed by atoms with E-state index in [0.29, 0.717) is 5.82 Å². The van der Waals surface area contributed by atoms with Crippen molar-refractivity contribution >= 4 is 0 Å². The van der Waals surface area contributed by atoms with E-state index in [1.807, 2.05) is 24.3 Å². The van der Waals surface area contributed by atoms with Gasteiger partial charge in [-0.3, -0.25) is 0 Å². The maximum Gasteiger partial charge on any atom is 0.159 e. The van der Waals surface area contributed by atoms with Crippen LogP contribution in [0.5, 0.6) is 0 Å². The second-order valence-corrected chi connectivity index (χ2v) is 2.93. The second-order valence-electron chi connectivity index (χ2n) is 2.93. The van der Waals surface area contributed by atoms with Crippen molar-refractivity contribution in [3.8, 4) is 11.4 Å². The zero-order chi connectivity index (χ0) is 9.80. The summed E-state index contributed by atoms with van der Waals surface area (Å²) in [7, 11) is 0. The van der Waals surface area contributed by atoms with Crippen LogP contribution in [0.3, 0.4) is 0 Å². The van der Waals surface area contributed by atoms with Crippen LogP contribution in [0, 0.1) is 0 Å². The monoisotopic (exact) mass is 186 g/mol. The van der Waals surface area contributed by atoms with Gasteiger partial charge >= 0.3 is 0 Å². The molecule has 14 heavy (non-hydrogen) atoms. The molecule has 1 aromatic carbocycles. The van der Waals surface area contributed by atoms with Crippen molar-refractivity contribution in [2.24, 2.45) is 0 Å². The molecule has 1 heterocycles. The van der Waals surface area contributed by atoms with Gasteiger partial charge in [0, 0.05) is 18.0 Å². The summed E-state index contributed by atoms with van der Waals surface area (Å²) in [6.07, 6.45) is 3.40. The lowest BCUT2D eigenvalue weighted by molar-refractivity contribution is 0.282. The van der Waals surface area contributed by atoms with E-state index < -0.39 is 0 Å². The largest absolute Gasteiger partial charge is 0.392 e. The number of aromatic nitrogens is 2. The summed E-state index contributed by atoms with van der Waals surface area (Å²) in [4.78, 5) is 8.26. The molecule has 3 heteroatoms. The Balaban J connectivity index is 2.42. The van der Waals surface area contributed by atoms with Crippen molar-refractivity contribution in [2.45, 2.75) is 6.61 Å². The number of aliphatic hydroxyl groups is 1. The van der Waals surface area contributed by atoms with Crippen molar-refractivity contribution in [3.05, 3.63) is 48.3 Å². The van der Waals surface area contributed by atoms with Gasteiger partial charge in [0.1, 0.15) is 0 Å². The highest BCUT2D eigenvalue weighted by Crippen LogP contribution is 2.15. The highest BCUT2D eigenvalue weighted by atomic mass is 16.3. The fourth-order valence-corrected chi connectivity index (χ4v) is 1.26. The number of rotatable bonds is 2. The molecule has 0 aliphatic carbocycles. The maximum absolute atomic E-state index is 8.97. The normalized spacial score (nSPS) is 10.1. The van der Waals surface area contributed by atoms with Crippen molar-refractivity contribution in [1.29, 1.82) is 0 Å². The van der Waals surface area contributed by atoms with Gasteiger partial charge in [0.25, 0.3) is 0 Å². The Morgan fingerprint density at radius 2 is 1.86 bits per heavy atom. The number of hydrogen-bond acceptors (Lipinski definition) is 3. The number of hydrogen-bond donors (Lipinski definition) is 1. The highest BCUT2D eigenvalue weighted by Gasteiger charge is 1.99. The van der Waals surface area contributed by atoms with Crippen LogP contribution in [0.25, 0.3) is 11.4 Å². The van der Waals surface area contributed by atoms with Gasteiger partial charge in [-0.2, -0.15) is 0 Å². The average Bonchev–Trinajstić information content (AvgIpc) is 2.30. The molecule has 0 aliphatic rings. The summed E-state index contributed by atoms with van der Waals surface area (Å²) >= 11 is 0. The second kappa shape index (κ2) is 3.98. The molecule has 0 saturated carbocycles. The highest BCUT2D eigenvalue weighted by molar-refractivity contribution is 5.55. The predicted molar refractivity (Wildman–Crippen MR) is 53.4 cm³/mol. The Hall–Kier alpha value is -1.74. The van der Waals surface area contributed by atoms with Crippen molar-refractivity contribution < 1.29 is 5.11 Å². The Morgan fingerprint density at radius 3 is 2.57 bits per heavy atom. The summed E-state index contributed by atoms with van der Waals surface area (Å²) in [5, 5.41) is 8.97. The van der Waals surface area contributed by atoms with Crippen LogP contribution in [-0.2, 0) is 6.61 Å². The van der Waals surface area contributed by atoms with E-state index in [4.69, 9.17) is 5.11 Å². The molecule has 3 nitrogen and oxygen atoms in total. The van der Waals surface area contributed by atoms with Gasteiger partial charge in [-0.05, 0) is 17.7 Å². The van der Waals surface area contributed by atoms with Crippen molar-refractivity contribution in [3.63, 3.8) is 0 Å². The molecule has 0 unspecified atom stereocenters. The predicted octanol–water partition coefficient (Wildman–Crippen LogP) is 1.64. The molecule has 0 aliphatic heterocycles. The molecule has 0 amide bonds. The third-order valence-electron chi connectivity index (χ3n) is 1.93. The van der Waals surface area contributed by atoms with Crippen LogP contribution in [0.1, 0.15) is 5.56 Å². The molecule has 2 aromatic rings. The van der Waals surface area contributed by atoms with E-state index in [2.05, 4.69) is 9.97 Å². The van der Waals surface area contributed by atoms with Crippen LogP contribution in [0.15, 0.2) is 42.7 Å². The molecule has 2 rings (SSSR count). The molecular weight excluding hydrogens is 176 g/mol. The van der Waals surface area contributed by atoms with Crippen molar-refractivity contribution in [1.82, 2.24) is 9.97 Å². The average molecular weight is 186 g/mol. The van der Waals surface area contributed by atoms with E-state index in [0.717, 1.165) is 11.1 Å². The van der Waals surface area contributed by atoms with Gasteiger partial charge in [-0.15, -0.1) is 0 Å². The van der Waals surface area contributed by atoms with Gasteiger partial charge in [-0.25, -0.2) is 9.97 Å². The number of aliphatic hydroxyl groups excluding tert-OH is 1. The van der Waals surface area contributed by atoms with Gasteiger partial charge in [0.15, 0.2) is 5.82 Å². The lowest BCUT2D eigenvalue weighted by Crippen LogP contribution is -1.88. The van der Waals surface area contributed by atoms with E-state index in [-0.39, 0.29) is 6.61 Å². The lowest BCUT2D eigenvalue weighted by atomic mass is 10.1. The van der Waals surface area contributed by atoms with Crippen LogP contribution in [0.4, 0.5) is 0 Å². The fourth-order valence-electron chi connectivity index (χ4n) is 1.26. The fraction of sp³-hybridized carbons (Fsp3) is 0.0909. The first-order valence-corrected chi connectivity index (χ1v) is 4.37. The van der Waals surface area contributed by atoms with E-state index in [1.165, 1.54) is 0 Å². The maximum atomic E-state index is 8.97. The van der Waals surface area contributed by atoms with Gasteiger partial charge in [0.2, 0.25) is 0 Å². The first-order chi connectivity index (χ1) is 6.90. The van der Waals surface area contributed by atoms with Crippen LogP contribution in [-0.4, -0.2) is 15.1 Å². The Morgan fingerprint density at radius 1 is 1.07 bits per heavy atom. The SMILES string of the molecule is OCc1cccc(-c2ncccn2)c1. The first kappa shape index (κ1) is 8.84. The molecule has 1 N–H and O–H groups in total. The Kier molecular flexibility index (Phi) is 2.51. The topological polar surface area (TPSA) is 46.0 Å². The van der Waals surface area contributed by atoms with E-state index in [9.17, 15) is 0 Å². The summed E-state index contributed by atoms with van der Waals surface area (Å²) in [5.41, 5.74) is 1.80. The van der Waals surface area contributed by atoms with Crippen molar-refractivity contribution in [2.75, 3.05) is 0 Å². The quantitative estimate of drug-likeness (QED) is 0.775. The van der Waals surface area contributed by atoms with Crippen LogP contribution < -0.4 is 0 Å². The molecule has 70 valence electrons. The minimum absolute atomic E-state index is 0.0423. The van der Waals surface area contributed by atoms with Gasteiger partial charge in [0.05, 0.1) is 6.61 Å². The molecule has 0 atom stereocenters. The molecule has 0 bridgehead atoms. The molecule has 1 aromatic heterocycles. The lowest BCUT2D eigenvalue weighted by Gasteiger charge is -2.00. The number of benzene rings is 1. The third-order valence-corrected chi connectivity index (χ3v) is 1.93. The van der Waals surface area contributed by atoms with E-state index >= 15 is 0 Å². The number of nitrogens with zero attached hydrogens (tertiary/aromatic N) is 2. The van der Waals surface area contributed by atoms with Crippen LogP contribution >= 0.6 is 0 Å². The molecule has 0 radical (unpaired) electrons. The summed E-state index contributed by atoms with van der Waals surface area (Å²) < 4.78 is 0. The van der Waals surface area contributed by atoms with E-state index in [1.54, 1.807) is 18.5 Å². The third kappa shape index (κ3) is 1.78. The standard InChI is InChI=1S/C11H10N2O/c14-8-9-3-1-4-10(7-9)11-12-5-2-6-13-11/h1-7,14H,8H2. The molecular formula is C11H10N2O. The van der Waals surface area contributed by atoms with Crippen LogP contribution in [0.2, 0.25) is 0 Å². The summed E-state index contributed by atoms with van der Waals surface area (Å²) in [6.45, 7) is 0.0423. The van der Waals surface area contributed by atoms with Gasteiger partial charge in [-0.1, -0.05) is 18.2 Å². The zero-order valence-corrected chi connectivity index (χ0v) is 7.59. The molecule has 0 fully saturated rings.